The standard InChI is InChI=1S/C29H35N3O/c1-19-14-20(2)24(21(3)15-19)18-26(30)29(33)32(4)28-12-13-31-27-11-10-23(17-25(27)28)16-22-8-6-5-7-9-22/h5-11,14-15,17,26,28,31H,12-13,16,18,30H2,1-4H3/t26-,28+/m0/s1. The van der Waals surface area contributed by atoms with Gasteiger partial charge in [-0.3, -0.25) is 4.79 Å². The van der Waals surface area contributed by atoms with Crippen LogP contribution in [0.1, 0.15) is 51.4 Å². The van der Waals surface area contributed by atoms with Crippen molar-refractivity contribution in [3.05, 3.63) is 99.6 Å². The lowest BCUT2D eigenvalue weighted by atomic mass is 9.91. The van der Waals surface area contributed by atoms with E-state index in [1.165, 1.54) is 38.9 Å². The van der Waals surface area contributed by atoms with E-state index < -0.39 is 6.04 Å². The maximum Gasteiger partial charge on any atom is 0.240 e. The van der Waals surface area contributed by atoms with E-state index in [9.17, 15) is 4.79 Å². The molecule has 4 heteroatoms. The molecule has 0 fully saturated rings. The number of hydrogen-bond donors (Lipinski definition) is 2. The molecule has 3 aromatic carbocycles. The summed E-state index contributed by atoms with van der Waals surface area (Å²) in [5.74, 6) is 0.000637. The van der Waals surface area contributed by atoms with Crippen LogP contribution in [0.5, 0.6) is 0 Å². The molecule has 0 radical (unpaired) electrons. The third kappa shape index (κ3) is 5.12. The summed E-state index contributed by atoms with van der Waals surface area (Å²) in [5, 5.41) is 3.50. The Bertz CT molecular complexity index is 1120. The molecule has 0 aliphatic carbocycles. The lowest BCUT2D eigenvalue weighted by Crippen LogP contribution is -2.45. The van der Waals surface area contributed by atoms with Crippen molar-refractivity contribution in [2.24, 2.45) is 5.73 Å². The van der Waals surface area contributed by atoms with Gasteiger partial charge in [0.25, 0.3) is 0 Å². The molecule has 1 aliphatic rings. The van der Waals surface area contributed by atoms with Gasteiger partial charge < -0.3 is 16.0 Å². The Balaban J connectivity index is 1.53. The highest BCUT2D eigenvalue weighted by atomic mass is 16.2. The van der Waals surface area contributed by atoms with Crippen molar-refractivity contribution in [2.45, 2.75) is 52.1 Å². The lowest BCUT2D eigenvalue weighted by Gasteiger charge is -2.35. The first kappa shape index (κ1) is 23.1. The van der Waals surface area contributed by atoms with Gasteiger partial charge >= 0.3 is 0 Å². The number of nitrogens with two attached hydrogens (primary N) is 1. The summed E-state index contributed by atoms with van der Waals surface area (Å²) in [6, 6.07) is 20.9. The lowest BCUT2D eigenvalue weighted by molar-refractivity contribution is -0.133. The first-order valence-electron chi connectivity index (χ1n) is 11.8. The summed E-state index contributed by atoms with van der Waals surface area (Å²) >= 11 is 0. The molecule has 0 saturated heterocycles. The maximum absolute atomic E-state index is 13.4. The number of rotatable bonds is 6. The number of fused-ring (bicyclic) bond motifs is 1. The van der Waals surface area contributed by atoms with Crippen molar-refractivity contribution in [1.82, 2.24) is 4.90 Å². The molecule has 172 valence electrons. The fourth-order valence-corrected chi connectivity index (χ4v) is 5.15. The Morgan fingerprint density at radius 2 is 1.73 bits per heavy atom. The molecular formula is C29H35N3O. The highest BCUT2D eigenvalue weighted by molar-refractivity contribution is 5.82. The van der Waals surface area contributed by atoms with Gasteiger partial charge in [0.05, 0.1) is 12.1 Å². The molecule has 1 amide bonds. The third-order valence-corrected chi connectivity index (χ3v) is 6.86. The number of nitrogens with zero attached hydrogens (tertiary/aromatic N) is 1. The monoisotopic (exact) mass is 441 g/mol. The van der Waals surface area contributed by atoms with Gasteiger partial charge in [-0.2, -0.15) is 0 Å². The molecule has 0 bridgehead atoms. The van der Waals surface area contributed by atoms with Crippen molar-refractivity contribution < 1.29 is 4.79 Å². The predicted molar refractivity (Wildman–Crippen MR) is 137 cm³/mol. The minimum absolute atomic E-state index is 0.000637. The topological polar surface area (TPSA) is 58.4 Å². The van der Waals surface area contributed by atoms with E-state index in [1.807, 2.05) is 18.0 Å². The number of hydrogen-bond acceptors (Lipinski definition) is 3. The van der Waals surface area contributed by atoms with Crippen LogP contribution in [0.4, 0.5) is 5.69 Å². The first-order valence-corrected chi connectivity index (χ1v) is 11.8. The Labute approximate surface area is 197 Å². The number of benzene rings is 3. The second-order valence-corrected chi connectivity index (χ2v) is 9.45. The van der Waals surface area contributed by atoms with Gasteiger partial charge in [-0.1, -0.05) is 60.2 Å². The summed E-state index contributed by atoms with van der Waals surface area (Å²) < 4.78 is 0. The van der Waals surface area contributed by atoms with E-state index in [0.29, 0.717) is 6.42 Å². The number of carbonyl (C=O) groups excluding carboxylic acids is 1. The van der Waals surface area contributed by atoms with Gasteiger partial charge in [0.2, 0.25) is 5.91 Å². The number of aryl methyl sites for hydroxylation is 3. The molecule has 33 heavy (non-hydrogen) atoms. The van der Waals surface area contributed by atoms with E-state index in [2.05, 4.69) is 80.7 Å². The Morgan fingerprint density at radius 1 is 1.03 bits per heavy atom. The third-order valence-electron chi connectivity index (χ3n) is 6.86. The van der Waals surface area contributed by atoms with E-state index in [4.69, 9.17) is 5.73 Å². The van der Waals surface area contributed by atoms with Crippen LogP contribution in [0.2, 0.25) is 0 Å². The fraction of sp³-hybridized carbons (Fsp3) is 0.345. The zero-order valence-electron chi connectivity index (χ0n) is 20.2. The Morgan fingerprint density at radius 3 is 2.42 bits per heavy atom. The summed E-state index contributed by atoms with van der Waals surface area (Å²) in [7, 11) is 1.90. The average molecular weight is 442 g/mol. The van der Waals surface area contributed by atoms with Crippen molar-refractivity contribution in [1.29, 1.82) is 0 Å². The summed E-state index contributed by atoms with van der Waals surface area (Å²) in [6.45, 7) is 7.16. The van der Waals surface area contributed by atoms with Gasteiger partial charge in [-0.25, -0.2) is 0 Å². The normalized spacial score (nSPS) is 16.0. The van der Waals surface area contributed by atoms with Gasteiger partial charge in [0.1, 0.15) is 0 Å². The second-order valence-electron chi connectivity index (χ2n) is 9.45. The quantitative estimate of drug-likeness (QED) is 0.560. The minimum Gasteiger partial charge on any atom is -0.385 e. The number of amides is 1. The minimum atomic E-state index is -0.555. The largest absolute Gasteiger partial charge is 0.385 e. The fourth-order valence-electron chi connectivity index (χ4n) is 5.15. The van der Waals surface area contributed by atoms with E-state index >= 15 is 0 Å². The zero-order valence-corrected chi connectivity index (χ0v) is 20.2. The van der Waals surface area contributed by atoms with E-state index in [-0.39, 0.29) is 11.9 Å². The van der Waals surface area contributed by atoms with Crippen LogP contribution in [0, 0.1) is 20.8 Å². The van der Waals surface area contributed by atoms with Crippen molar-refractivity contribution in [3.63, 3.8) is 0 Å². The maximum atomic E-state index is 13.4. The van der Waals surface area contributed by atoms with Crippen LogP contribution >= 0.6 is 0 Å². The number of carbonyl (C=O) groups is 1. The summed E-state index contributed by atoms with van der Waals surface area (Å²) in [6.07, 6.45) is 2.32. The molecule has 3 N–H and O–H groups in total. The van der Waals surface area contributed by atoms with Crippen LogP contribution in [0.25, 0.3) is 0 Å². The number of likely N-dealkylation sites (N-methyl/N-ethyl adjacent to an activating group) is 1. The zero-order chi connectivity index (χ0) is 23.5. The van der Waals surface area contributed by atoms with Crippen molar-refractivity contribution in [2.75, 3.05) is 18.9 Å². The highest BCUT2D eigenvalue weighted by Gasteiger charge is 2.30. The molecule has 1 heterocycles. The highest BCUT2D eigenvalue weighted by Crippen LogP contribution is 2.35. The SMILES string of the molecule is Cc1cc(C)c(C[C@H](N)C(=O)N(C)[C@@H]2CCNc3ccc(Cc4ccccc4)cc32)c(C)c1. The molecule has 4 nitrogen and oxygen atoms in total. The molecule has 3 aromatic rings. The van der Waals surface area contributed by atoms with Crippen LogP contribution in [0.3, 0.4) is 0 Å². The predicted octanol–water partition coefficient (Wildman–Crippen LogP) is 5.09. The van der Waals surface area contributed by atoms with Gasteiger partial charge in [0, 0.05) is 19.3 Å². The molecule has 2 atom stereocenters. The summed E-state index contributed by atoms with van der Waals surface area (Å²) in [5.41, 5.74) is 16.1. The molecular weight excluding hydrogens is 406 g/mol. The van der Waals surface area contributed by atoms with E-state index in [1.54, 1.807) is 0 Å². The van der Waals surface area contributed by atoms with Gasteiger partial charge in [0.15, 0.2) is 0 Å². The first-order chi connectivity index (χ1) is 15.8. The molecule has 0 saturated carbocycles. The van der Waals surface area contributed by atoms with E-state index in [0.717, 1.165) is 25.1 Å². The van der Waals surface area contributed by atoms with Crippen LogP contribution < -0.4 is 11.1 Å². The smallest absolute Gasteiger partial charge is 0.240 e. The molecule has 0 unspecified atom stereocenters. The molecule has 1 aliphatic heterocycles. The molecule has 0 aromatic heterocycles. The van der Waals surface area contributed by atoms with Crippen LogP contribution in [-0.4, -0.2) is 30.4 Å². The Kier molecular flexibility index (Phi) is 6.85. The summed E-state index contributed by atoms with van der Waals surface area (Å²) in [4.78, 5) is 15.3. The van der Waals surface area contributed by atoms with Crippen LogP contribution in [-0.2, 0) is 17.6 Å². The Hall–Kier alpha value is -3.11. The van der Waals surface area contributed by atoms with Crippen LogP contribution in [0.15, 0.2) is 60.7 Å². The van der Waals surface area contributed by atoms with Crippen molar-refractivity contribution in [3.8, 4) is 0 Å². The van der Waals surface area contributed by atoms with Gasteiger partial charge in [-0.15, -0.1) is 0 Å². The van der Waals surface area contributed by atoms with Gasteiger partial charge in [-0.05, 0) is 79.5 Å². The number of anilines is 1. The second kappa shape index (κ2) is 9.80. The average Bonchev–Trinajstić information content (AvgIpc) is 2.80. The molecule has 0 spiro atoms. The van der Waals surface area contributed by atoms with Crippen molar-refractivity contribution >= 4 is 11.6 Å². The number of nitrogens with one attached hydrogen (secondary N) is 1. The molecule has 4 rings (SSSR count).